The number of amides is 1. The van der Waals surface area contributed by atoms with Crippen molar-refractivity contribution >= 4 is 5.91 Å². The Morgan fingerprint density at radius 1 is 1.28 bits per heavy atom. The number of carbonyl (C=O) groups excluding carboxylic acids is 1. The molecule has 3 nitrogen and oxygen atoms in total. The van der Waals surface area contributed by atoms with Gasteiger partial charge in [-0.05, 0) is 12.5 Å². The summed E-state index contributed by atoms with van der Waals surface area (Å²) in [7, 11) is 0. The van der Waals surface area contributed by atoms with Gasteiger partial charge < -0.3 is 10.6 Å². The molecule has 0 aliphatic rings. The number of benzene rings is 1. The van der Waals surface area contributed by atoms with E-state index in [4.69, 9.17) is 0 Å². The molecule has 6 heteroatoms. The van der Waals surface area contributed by atoms with Gasteiger partial charge >= 0.3 is 6.18 Å². The zero-order valence-electron chi connectivity index (χ0n) is 9.92. The Hall–Kier alpha value is -1.56. The molecule has 0 saturated carbocycles. The molecule has 1 amide bonds. The van der Waals surface area contributed by atoms with Crippen LogP contribution in [0.1, 0.15) is 18.5 Å². The Morgan fingerprint density at radius 2 is 1.89 bits per heavy atom. The first kappa shape index (κ1) is 14.5. The van der Waals surface area contributed by atoms with Gasteiger partial charge in [-0.25, -0.2) is 0 Å². The van der Waals surface area contributed by atoms with Crippen LogP contribution < -0.4 is 10.6 Å². The number of hydrogen-bond acceptors (Lipinski definition) is 2. The Balaban J connectivity index is 2.32. The second kappa shape index (κ2) is 6.39. The molecular weight excluding hydrogens is 245 g/mol. The first-order valence-corrected chi connectivity index (χ1v) is 5.50. The molecule has 0 aromatic heterocycles. The summed E-state index contributed by atoms with van der Waals surface area (Å²) < 4.78 is 35.5. The van der Waals surface area contributed by atoms with Crippen molar-refractivity contribution in [1.82, 2.24) is 10.6 Å². The van der Waals surface area contributed by atoms with Crippen LogP contribution in [0.2, 0.25) is 0 Å². The van der Waals surface area contributed by atoms with Gasteiger partial charge in [0.15, 0.2) is 0 Å². The predicted molar refractivity (Wildman–Crippen MR) is 61.9 cm³/mol. The summed E-state index contributed by atoms with van der Waals surface area (Å²) in [6, 6.07) is 8.97. The van der Waals surface area contributed by atoms with E-state index in [1.807, 2.05) is 35.6 Å². The molecule has 0 saturated heterocycles. The molecule has 1 atom stereocenters. The molecule has 18 heavy (non-hydrogen) atoms. The quantitative estimate of drug-likeness (QED) is 0.850. The highest BCUT2D eigenvalue weighted by atomic mass is 19.4. The molecule has 0 radical (unpaired) electrons. The van der Waals surface area contributed by atoms with E-state index in [9.17, 15) is 18.0 Å². The Bertz CT molecular complexity index is 379. The third kappa shape index (κ3) is 5.67. The van der Waals surface area contributed by atoms with Crippen molar-refractivity contribution in [1.29, 1.82) is 0 Å². The topological polar surface area (TPSA) is 41.1 Å². The number of hydrogen-bond donors (Lipinski definition) is 2. The van der Waals surface area contributed by atoms with Gasteiger partial charge in [-0.2, -0.15) is 13.2 Å². The number of nitrogens with one attached hydrogen (secondary N) is 2. The van der Waals surface area contributed by atoms with Gasteiger partial charge in [0, 0.05) is 0 Å². The minimum absolute atomic E-state index is 0.230. The van der Waals surface area contributed by atoms with E-state index in [2.05, 4.69) is 5.32 Å². The molecule has 0 unspecified atom stereocenters. The van der Waals surface area contributed by atoms with Gasteiger partial charge in [0.2, 0.25) is 5.91 Å². The normalized spacial score (nSPS) is 13.1. The maximum absolute atomic E-state index is 11.8. The summed E-state index contributed by atoms with van der Waals surface area (Å²) in [5.74, 6) is -0.462. The summed E-state index contributed by atoms with van der Waals surface area (Å²) in [5.41, 5.74) is 0.904. The van der Waals surface area contributed by atoms with Crippen molar-refractivity contribution in [2.75, 3.05) is 13.1 Å². The van der Waals surface area contributed by atoms with Crippen LogP contribution >= 0.6 is 0 Å². The van der Waals surface area contributed by atoms with Gasteiger partial charge in [-0.1, -0.05) is 30.3 Å². The highest BCUT2D eigenvalue weighted by Crippen LogP contribution is 2.12. The number of rotatable bonds is 5. The monoisotopic (exact) mass is 260 g/mol. The standard InChI is InChI=1S/C12H15F3N2O/c1-9(10-5-3-2-4-6-10)17-11(18)7-16-8-12(13,14)15/h2-6,9,16H,7-8H2,1H3,(H,17,18)/t9-/m0/s1. The Labute approximate surface area is 103 Å². The fourth-order valence-corrected chi connectivity index (χ4v) is 1.44. The van der Waals surface area contributed by atoms with Gasteiger partial charge in [0.05, 0.1) is 19.1 Å². The predicted octanol–water partition coefficient (Wildman–Crippen LogP) is 2.02. The third-order valence-electron chi connectivity index (χ3n) is 2.29. The third-order valence-corrected chi connectivity index (χ3v) is 2.29. The lowest BCUT2D eigenvalue weighted by molar-refractivity contribution is -0.128. The average molecular weight is 260 g/mol. The van der Waals surface area contributed by atoms with Crippen LogP contribution in [0.3, 0.4) is 0 Å². The highest BCUT2D eigenvalue weighted by molar-refractivity contribution is 5.78. The van der Waals surface area contributed by atoms with E-state index in [1.54, 1.807) is 6.92 Å². The molecule has 2 N–H and O–H groups in total. The molecular formula is C12H15F3N2O. The molecule has 100 valence electrons. The van der Waals surface area contributed by atoms with Crippen LogP contribution in [0.25, 0.3) is 0 Å². The molecule has 0 aliphatic heterocycles. The summed E-state index contributed by atoms with van der Waals surface area (Å²) in [5, 5.41) is 4.66. The van der Waals surface area contributed by atoms with Gasteiger partial charge in [-0.3, -0.25) is 4.79 Å². The SMILES string of the molecule is C[C@H](NC(=O)CNCC(F)(F)F)c1ccccc1. The largest absolute Gasteiger partial charge is 0.401 e. The van der Waals surface area contributed by atoms with E-state index < -0.39 is 18.6 Å². The summed E-state index contributed by atoms with van der Waals surface area (Å²) in [4.78, 5) is 11.4. The lowest BCUT2D eigenvalue weighted by Gasteiger charge is -2.15. The van der Waals surface area contributed by atoms with Crippen molar-refractivity contribution in [2.45, 2.75) is 19.1 Å². The second-order valence-corrected chi connectivity index (χ2v) is 3.92. The van der Waals surface area contributed by atoms with Gasteiger partial charge in [0.1, 0.15) is 0 Å². The smallest absolute Gasteiger partial charge is 0.348 e. The molecule has 0 aliphatic carbocycles. The maximum Gasteiger partial charge on any atom is 0.401 e. The van der Waals surface area contributed by atoms with E-state index in [1.165, 1.54) is 0 Å². The molecule has 1 aromatic carbocycles. The average Bonchev–Trinajstić information content (AvgIpc) is 2.28. The number of halogens is 3. The Kier molecular flexibility index (Phi) is 5.15. The first-order chi connectivity index (χ1) is 8.38. The zero-order chi connectivity index (χ0) is 13.6. The molecule has 1 aromatic rings. The Morgan fingerprint density at radius 3 is 2.44 bits per heavy atom. The molecule has 1 rings (SSSR count). The summed E-state index contributed by atoms with van der Waals surface area (Å²) in [6.07, 6.45) is -4.30. The maximum atomic E-state index is 11.8. The van der Waals surface area contributed by atoms with Crippen molar-refractivity contribution in [3.63, 3.8) is 0 Å². The molecule has 0 spiro atoms. The van der Waals surface area contributed by atoms with Crippen LogP contribution in [-0.2, 0) is 4.79 Å². The summed E-state index contributed by atoms with van der Waals surface area (Å²) >= 11 is 0. The van der Waals surface area contributed by atoms with Crippen LogP contribution in [-0.4, -0.2) is 25.2 Å². The van der Waals surface area contributed by atoms with Crippen LogP contribution in [0, 0.1) is 0 Å². The molecule has 0 bridgehead atoms. The number of alkyl halides is 3. The van der Waals surface area contributed by atoms with Crippen molar-refractivity contribution in [3.8, 4) is 0 Å². The van der Waals surface area contributed by atoms with Crippen molar-refractivity contribution in [2.24, 2.45) is 0 Å². The highest BCUT2D eigenvalue weighted by Gasteiger charge is 2.26. The van der Waals surface area contributed by atoms with Crippen LogP contribution in [0.15, 0.2) is 30.3 Å². The second-order valence-electron chi connectivity index (χ2n) is 3.92. The van der Waals surface area contributed by atoms with Crippen LogP contribution in [0.4, 0.5) is 13.2 Å². The first-order valence-electron chi connectivity index (χ1n) is 5.50. The fraction of sp³-hybridized carbons (Fsp3) is 0.417. The minimum atomic E-state index is -4.30. The van der Waals surface area contributed by atoms with Gasteiger partial charge in [-0.15, -0.1) is 0 Å². The summed E-state index contributed by atoms with van der Waals surface area (Å²) in [6.45, 7) is 0.258. The fourth-order valence-electron chi connectivity index (χ4n) is 1.44. The van der Waals surface area contributed by atoms with Crippen molar-refractivity contribution < 1.29 is 18.0 Å². The lowest BCUT2D eigenvalue weighted by Crippen LogP contribution is -2.39. The lowest BCUT2D eigenvalue weighted by atomic mass is 10.1. The number of carbonyl (C=O) groups is 1. The molecule has 0 fully saturated rings. The van der Waals surface area contributed by atoms with E-state index in [-0.39, 0.29) is 12.6 Å². The molecule has 0 heterocycles. The van der Waals surface area contributed by atoms with E-state index in [0.29, 0.717) is 0 Å². The minimum Gasteiger partial charge on any atom is -0.348 e. The van der Waals surface area contributed by atoms with Gasteiger partial charge in [0.25, 0.3) is 0 Å². The zero-order valence-corrected chi connectivity index (χ0v) is 9.92. The van der Waals surface area contributed by atoms with Crippen molar-refractivity contribution in [3.05, 3.63) is 35.9 Å². The van der Waals surface area contributed by atoms with E-state index in [0.717, 1.165) is 5.56 Å². The van der Waals surface area contributed by atoms with E-state index >= 15 is 0 Å². The van der Waals surface area contributed by atoms with Crippen LogP contribution in [0.5, 0.6) is 0 Å².